The molecule has 0 radical (unpaired) electrons. The molecule has 22 heavy (non-hydrogen) atoms. The van der Waals surface area contributed by atoms with Crippen molar-refractivity contribution in [2.75, 3.05) is 19.6 Å². The van der Waals surface area contributed by atoms with Crippen LogP contribution in [0.25, 0.3) is 0 Å². The highest BCUT2D eigenvalue weighted by molar-refractivity contribution is 5.89. The molecule has 2 amide bonds. The first-order valence-corrected chi connectivity index (χ1v) is 7.98. The lowest BCUT2D eigenvalue weighted by Gasteiger charge is -2.34. The van der Waals surface area contributed by atoms with Crippen LogP contribution in [-0.2, 0) is 9.59 Å². The lowest BCUT2D eigenvalue weighted by Crippen LogP contribution is -2.44. The third-order valence-corrected chi connectivity index (χ3v) is 4.65. The van der Waals surface area contributed by atoms with Crippen LogP contribution in [-0.4, -0.2) is 62.1 Å². The molecule has 0 aliphatic carbocycles. The zero-order valence-electron chi connectivity index (χ0n) is 13.2. The number of aromatic nitrogens is 3. The zero-order valence-corrected chi connectivity index (χ0v) is 13.2. The van der Waals surface area contributed by atoms with Gasteiger partial charge in [0, 0.05) is 32.1 Å². The summed E-state index contributed by atoms with van der Waals surface area (Å²) in [5, 5.41) is 4.18. The summed E-state index contributed by atoms with van der Waals surface area (Å²) < 4.78 is 1.83. The van der Waals surface area contributed by atoms with Gasteiger partial charge < -0.3 is 9.80 Å². The molecule has 1 aromatic heterocycles. The Balaban J connectivity index is 1.64. The minimum atomic E-state index is -0.190. The molecule has 0 saturated carbocycles. The van der Waals surface area contributed by atoms with Gasteiger partial charge in [0.05, 0.1) is 12.0 Å². The van der Waals surface area contributed by atoms with Crippen LogP contribution >= 0.6 is 0 Å². The van der Waals surface area contributed by atoms with Gasteiger partial charge in [0.2, 0.25) is 11.8 Å². The van der Waals surface area contributed by atoms with Crippen molar-refractivity contribution in [3.63, 3.8) is 0 Å². The molecule has 0 unspecified atom stereocenters. The summed E-state index contributed by atoms with van der Waals surface area (Å²) in [4.78, 5) is 32.4. The van der Waals surface area contributed by atoms with E-state index in [-0.39, 0.29) is 29.8 Å². The Morgan fingerprint density at radius 2 is 2.18 bits per heavy atom. The zero-order chi connectivity index (χ0) is 15.7. The number of carbonyl (C=O) groups is 2. The van der Waals surface area contributed by atoms with Crippen LogP contribution in [0.2, 0.25) is 0 Å². The molecule has 120 valence electrons. The van der Waals surface area contributed by atoms with Crippen molar-refractivity contribution in [1.82, 2.24) is 24.6 Å². The molecular weight excluding hydrogens is 282 g/mol. The quantitative estimate of drug-likeness (QED) is 0.824. The fourth-order valence-corrected chi connectivity index (χ4v) is 3.43. The molecule has 1 aromatic rings. The molecule has 3 heterocycles. The molecular formula is C15H23N5O2. The van der Waals surface area contributed by atoms with Crippen molar-refractivity contribution in [2.24, 2.45) is 5.92 Å². The monoisotopic (exact) mass is 305 g/mol. The number of hydrogen-bond acceptors (Lipinski definition) is 4. The number of carbonyl (C=O) groups excluding carboxylic acids is 2. The molecule has 2 saturated heterocycles. The Morgan fingerprint density at radius 1 is 1.36 bits per heavy atom. The third-order valence-electron chi connectivity index (χ3n) is 4.65. The SMILES string of the molecule is CC(C)N1C[C@H](C(=O)N2CCC[C@@H](n3cncn3)C2)CC1=O. The van der Waals surface area contributed by atoms with Crippen molar-refractivity contribution in [3.8, 4) is 0 Å². The second kappa shape index (κ2) is 6.06. The minimum Gasteiger partial charge on any atom is -0.340 e. The van der Waals surface area contributed by atoms with Gasteiger partial charge in [0.25, 0.3) is 0 Å². The Morgan fingerprint density at radius 3 is 2.82 bits per heavy atom. The molecule has 0 bridgehead atoms. The summed E-state index contributed by atoms with van der Waals surface area (Å²) in [6.07, 6.45) is 5.55. The van der Waals surface area contributed by atoms with Gasteiger partial charge >= 0.3 is 0 Å². The van der Waals surface area contributed by atoms with Gasteiger partial charge in [0.1, 0.15) is 12.7 Å². The average molecular weight is 305 g/mol. The van der Waals surface area contributed by atoms with E-state index in [1.54, 1.807) is 11.2 Å². The van der Waals surface area contributed by atoms with Gasteiger partial charge in [0.15, 0.2) is 0 Å². The van der Waals surface area contributed by atoms with Crippen LogP contribution in [0.15, 0.2) is 12.7 Å². The average Bonchev–Trinajstić information content (AvgIpc) is 3.16. The summed E-state index contributed by atoms with van der Waals surface area (Å²) in [5.74, 6) is 0.0175. The van der Waals surface area contributed by atoms with Crippen LogP contribution < -0.4 is 0 Å². The first-order chi connectivity index (χ1) is 10.6. The maximum atomic E-state index is 12.7. The van der Waals surface area contributed by atoms with E-state index in [1.165, 1.54) is 6.33 Å². The van der Waals surface area contributed by atoms with Crippen LogP contribution in [0.4, 0.5) is 0 Å². The van der Waals surface area contributed by atoms with Crippen LogP contribution in [0, 0.1) is 5.92 Å². The predicted octanol–water partition coefficient (Wildman–Crippen LogP) is 0.698. The van der Waals surface area contributed by atoms with Crippen LogP contribution in [0.3, 0.4) is 0 Å². The Hall–Kier alpha value is -1.92. The molecule has 7 nitrogen and oxygen atoms in total. The van der Waals surface area contributed by atoms with E-state index in [4.69, 9.17) is 0 Å². The van der Waals surface area contributed by atoms with Crippen molar-refractivity contribution in [2.45, 2.75) is 45.2 Å². The molecule has 0 spiro atoms. The van der Waals surface area contributed by atoms with E-state index >= 15 is 0 Å². The van der Waals surface area contributed by atoms with E-state index in [2.05, 4.69) is 10.1 Å². The summed E-state index contributed by atoms with van der Waals surface area (Å²) in [6, 6.07) is 0.355. The number of likely N-dealkylation sites (tertiary alicyclic amines) is 2. The molecule has 0 N–H and O–H groups in total. The van der Waals surface area contributed by atoms with Gasteiger partial charge in [-0.15, -0.1) is 0 Å². The van der Waals surface area contributed by atoms with E-state index in [0.717, 1.165) is 19.4 Å². The highest BCUT2D eigenvalue weighted by atomic mass is 16.2. The Bertz CT molecular complexity index is 542. The van der Waals surface area contributed by atoms with E-state index in [0.29, 0.717) is 19.5 Å². The maximum absolute atomic E-state index is 12.7. The number of nitrogens with zero attached hydrogens (tertiary/aromatic N) is 5. The summed E-state index contributed by atoms with van der Waals surface area (Å²) in [6.45, 7) is 5.98. The molecule has 2 aliphatic heterocycles. The number of piperidine rings is 1. The third kappa shape index (κ3) is 2.84. The first kappa shape index (κ1) is 15.0. The highest BCUT2D eigenvalue weighted by Crippen LogP contribution is 2.26. The number of amides is 2. The van der Waals surface area contributed by atoms with Gasteiger partial charge in [-0.3, -0.25) is 9.59 Å². The van der Waals surface area contributed by atoms with E-state index in [9.17, 15) is 9.59 Å². The van der Waals surface area contributed by atoms with Gasteiger partial charge in [-0.2, -0.15) is 5.10 Å². The van der Waals surface area contributed by atoms with Crippen molar-refractivity contribution < 1.29 is 9.59 Å². The molecule has 2 aliphatic rings. The molecule has 7 heteroatoms. The predicted molar refractivity (Wildman–Crippen MR) is 79.8 cm³/mol. The van der Waals surface area contributed by atoms with E-state index in [1.807, 2.05) is 23.4 Å². The standard InChI is InChI=1S/C15H23N5O2/c1-11(2)19-7-12(6-14(19)21)15(22)18-5-3-4-13(8-18)20-10-16-9-17-20/h9-13H,3-8H2,1-2H3/t12-,13-/m1/s1. The minimum absolute atomic E-state index is 0.0955. The second-order valence-electron chi connectivity index (χ2n) is 6.50. The summed E-state index contributed by atoms with van der Waals surface area (Å²) in [7, 11) is 0. The van der Waals surface area contributed by atoms with Crippen molar-refractivity contribution in [1.29, 1.82) is 0 Å². The maximum Gasteiger partial charge on any atom is 0.228 e. The van der Waals surface area contributed by atoms with Crippen LogP contribution in [0.5, 0.6) is 0 Å². The van der Waals surface area contributed by atoms with Gasteiger partial charge in [-0.1, -0.05) is 0 Å². The topological polar surface area (TPSA) is 71.3 Å². The Kier molecular flexibility index (Phi) is 4.13. The number of hydrogen-bond donors (Lipinski definition) is 0. The van der Waals surface area contributed by atoms with Crippen molar-refractivity contribution in [3.05, 3.63) is 12.7 Å². The molecule has 0 aromatic carbocycles. The molecule has 3 rings (SSSR count). The fourth-order valence-electron chi connectivity index (χ4n) is 3.43. The summed E-state index contributed by atoms with van der Waals surface area (Å²) >= 11 is 0. The normalized spacial score (nSPS) is 26.0. The largest absolute Gasteiger partial charge is 0.340 e. The molecule has 2 atom stereocenters. The fraction of sp³-hybridized carbons (Fsp3) is 0.733. The lowest BCUT2D eigenvalue weighted by atomic mass is 10.0. The van der Waals surface area contributed by atoms with Gasteiger partial charge in [-0.25, -0.2) is 9.67 Å². The molecule has 2 fully saturated rings. The summed E-state index contributed by atoms with van der Waals surface area (Å²) in [5.41, 5.74) is 0. The number of rotatable bonds is 3. The van der Waals surface area contributed by atoms with Crippen molar-refractivity contribution >= 4 is 11.8 Å². The van der Waals surface area contributed by atoms with Crippen LogP contribution in [0.1, 0.15) is 39.2 Å². The van der Waals surface area contributed by atoms with E-state index < -0.39 is 0 Å². The Labute approximate surface area is 130 Å². The highest BCUT2D eigenvalue weighted by Gasteiger charge is 2.38. The smallest absolute Gasteiger partial charge is 0.228 e. The van der Waals surface area contributed by atoms with Gasteiger partial charge in [-0.05, 0) is 26.7 Å². The lowest BCUT2D eigenvalue weighted by molar-refractivity contribution is -0.137. The second-order valence-corrected chi connectivity index (χ2v) is 6.50. The first-order valence-electron chi connectivity index (χ1n) is 7.98.